The minimum atomic E-state index is 0.458. The lowest BCUT2D eigenvalue weighted by Crippen LogP contribution is -2.25. The van der Waals surface area contributed by atoms with Gasteiger partial charge in [0.15, 0.2) is 0 Å². The highest BCUT2D eigenvalue weighted by Gasteiger charge is 1.31. The van der Waals surface area contributed by atoms with E-state index in [1.54, 1.807) is 0 Å². The third-order valence-electron chi connectivity index (χ3n) is 0. The van der Waals surface area contributed by atoms with E-state index >= 15 is 0 Å². The number of hydrazine groups is 1. The van der Waals surface area contributed by atoms with Crippen molar-refractivity contribution in [1.29, 1.82) is 0 Å². The second-order valence-electron chi connectivity index (χ2n) is 0. The zero-order valence-corrected chi connectivity index (χ0v) is 1.00. The van der Waals surface area contributed by atoms with E-state index in [9.17, 15) is 0 Å². The SMILES string of the molecule is [BH3-]NN[BH3-]. The maximum Gasteiger partial charge on any atom is 0.0242 e. The van der Waals surface area contributed by atoms with E-state index in [-0.39, 0.29) is 0 Å². The summed E-state index contributed by atoms with van der Waals surface area (Å²) in [5, 5.41) is 6.08. The van der Waals surface area contributed by atoms with Crippen LogP contribution in [0.3, 0.4) is 0 Å². The van der Waals surface area contributed by atoms with Crippen molar-refractivity contribution in [2.24, 2.45) is 0 Å². The van der Waals surface area contributed by atoms with Gasteiger partial charge in [-0.2, -0.15) is 0 Å². The average Bonchev–Trinajstić information content (AvgIpc) is 1.37. The first-order valence-electron chi connectivity index (χ1n) is 0.250. The lowest BCUT2D eigenvalue weighted by Gasteiger charge is -1.97. The summed E-state index contributed by atoms with van der Waals surface area (Å²) in [6, 6.07) is 0. The van der Waals surface area contributed by atoms with Crippen LogP contribution < -0.4 is 10.7 Å². The monoisotopic (exact) mass is 58.1 g/mol. The van der Waals surface area contributed by atoms with Crippen molar-refractivity contribution in [3.63, 3.8) is 0 Å². The largest absolute Gasteiger partial charge is 0.475 e. The summed E-state index contributed by atoms with van der Waals surface area (Å²) in [6.07, 6.45) is 0. The van der Waals surface area contributed by atoms with Crippen LogP contribution in [0.2, 0.25) is 0 Å². The van der Waals surface area contributed by atoms with Gasteiger partial charge in [-0.1, -0.05) is 0 Å². The Kier molecular flexibility index (Phi) is 3.09. The molecule has 0 aliphatic rings. The van der Waals surface area contributed by atoms with Gasteiger partial charge in [-0.25, -0.2) is 0 Å². The number of rotatable bonds is 1. The molecule has 4 heteroatoms. The van der Waals surface area contributed by atoms with Crippen LogP contribution >= 0.6 is 0 Å². The molecule has 2 N–H and O–H groups in total. The van der Waals surface area contributed by atoms with Gasteiger partial charge in [0.25, 0.3) is 0 Å². The first kappa shape index (κ1) is 4.05. The molecule has 0 saturated carbocycles. The molecule has 0 atom stereocenters. The van der Waals surface area contributed by atoms with E-state index in [0.717, 1.165) is 0 Å². The van der Waals surface area contributed by atoms with Gasteiger partial charge in [-0.3, -0.25) is 0 Å². The van der Waals surface area contributed by atoms with Crippen LogP contribution in [0.15, 0.2) is 0 Å². The van der Waals surface area contributed by atoms with Crippen LogP contribution in [-0.2, 0) is 0 Å². The summed E-state index contributed by atoms with van der Waals surface area (Å²) in [5.74, 6) is 0. The number of hydrogen-bond acceptors (Lipinski definition) is 2. The standard InChI is InChI=1S/B2H8N2/c1-3-4-2/h3-4H,1-2H3/q-2. The highest BCUT2D eigenvalue weighted by atomic mass is 15.2. The minimum absolute atomic E-state index is 0.458. The molecule has 0 saturated heterocycles. The fourth-order valence-electron chi connectivity index (χ4n) is 0. The van der Waals surface area contributed by atoms with Crippen LogP contribution in [0, 0.1) is 0 Å². The van der Waals surface area contributed by atoms with E-state index < -0.39 is 0 Å². The molecule has 0 bridgehead atoms. The summed E-state index contributed by atoms with van der Waals surface area (Å²) in [6.45, 7) is 0. The summed E-state index contributed by atoms with van der Waals surface area (Å²) in [5.41, 5.74) is 0. The fraction of sp³-hybridized carbons (Fsp3) is 0. The first-order valence-corrected chi connectivity index (χ1v) is 0.250. The smallest absolute Gasteiger partial charge is 0.0242 e. The summed E-state index contributed by atoms with van der Waals surface area (Å²) < 4.78 is 0. The molecular weight excluding hydrogens is 49.6 g/mol. The van der Waals surface area contributed by atoms with Gasteiger partial charge in [0.1, 0.15) is 0 Å². The highest BCUT2D eigenvalue weighted by Crippen LogP contribution is 1.01. The van der Waals surface area contributed by atoms with Crippen molar-refractivity contribution in [2.45, 2.75) is 0 Å². The second kappa shape index (κ2) is 3.05. The van der Waals surface area contributed by atoms with Crippen molar-refractivity contribution < 1.29 is 0 Å². The van der Waals surface area contributed by atoms with E-state index in [4.69, 9.17) is 0 Å². The van der Waals surface area contributed by atoms with Crippen LogP contribution in [0.1, 0.15) is 0 Å². The molecule has 2 nitrogen and oxygen atoms in total. The fourth-order valence-corrected chi connectivity index (χ4v) is 0. The predicted octanol–water partition coefficient (Wildman–Crippen LogP) is -3.36. The van der Waals surface area contributed by atoms with Crippen molar-refractivity contribution >= 4 is 16.0 Å². The lowest BCUT2D eigenvalue weighted by molar-refractivity contribution is 0.965. The molecule has 0 aliphatic heterocycles. The molecule has 0 heterocycles. The van der Waals surface area contributed by atoms with Crippen molar-refractivity contribution in [3.05, 3.63) is 0 Å². The maximum atomic E-state index is 3.04. The van der Waals surface area contributed by atoms with Gasteiger partial charge < -0.3 is 10.7 Å². The summed E-state index contributed by atoms with van der Waals surface area (Å²) >= 11 is 0. The molecule has 0 fully saturated rings. The summed E-state index contributed by atoms with van der Waals surface area (Å²) in [4.78, 5) is 0. The highest BCUT2D eigenvalue weighted by molar-refractivity contribution is 6.10. The molecule has 4 heavy (non-hydrogen) atoms. The minimum Gasteiger partial charge on any atom is -0.475 e. The molecule has 0 spiro atoms. The van der Waals surface area contributed by atoms with E-state index in [2.05, 4.69) is 10.7 Å². The Morgan fingerprint density at radius 2 is 1.25 bits per heavy atom. The molecule has 0 unspecified atom stereocenters. The van der Waals surface area contributed by atoms with E-state index in [1.165, 1.54) is 0 Å². The Morgan fingerprint density at radius 1 is 1.00 bits per heavy atom. The van der Waals surface area contributed by atoms with Crippen LogP contribution in [0.25, 0.3) is 0 Å². The normalized spacial score (nSPS) is 7.50. The van der Waals surface area contributed by atoms with Crippen molar-refractivity contribution in [3.8, 4) is 0 Å². The molecule has 0 aromatic rings. The van der Waals surface area contributed by atoms with Crippen LogP contribution in [-0.4, -0.2) is 16.0 Å². The zero-order valence-electron chi connectivity index (χ0n) is 1.00. The Balaban J connectivity index is 1.97. The molecule has 0 aliphatic carbocycles. The molecule has 0 rings (SSSR count). The third kappa shape index (κ3) is 2.05. The Labute approximate surface area is 27.8 Å². The average molecular weight is 57.7 g/mol. The zero-order chi connectivity index (χ0) is 3.41. The molecule has 0 aromatic carbocycles. The summed E-state index contributed by atoms with van der Waals surface area (Å²) in [7, 11) is 0.917. The Morgan fingerprint density at radius 3 is 1.25 bits per heavy atom. The van der Waals surface area contributed by atoms with E-state index in [0.29, 0.717) is 16.0 Å². The third-order valence-corrected chi connectivity index (χ3v) is 0. The van der Waals surface area contributed by atoms with Gasteiger partial charge >= 0.3 is 0 Å². The van der Waals surface area contributed by atoms with E-state index in [1.807, 2.05) is 0 Å². The molecule has 0 aromatic heterocycles. The molecule has 26 valence electrons. The topological polar surface area (TPSA) is 24.1 Å². The number of nitrogens with one attached hydrogen (secondary N) is 2. The van der Waals surface area contributed by atoms with Crippen LogP contribution in [0.4, 0.5) is 0 Å². The van der Waals surface area contributed by atoms with Crippen LogP contribution in [0.5, 0.6) is 0 Å². The van der Waals surface area contributed by atoms with Crippen molar-refractivity contribution in [1.82, 2.24) is 10.7 Å². The molecule has 0 amide bonds. The second-order valence-corrected chi connectivity index (χ2v) is 0. The molecular formula is H8B2N2-2. The quantitative estimate of drug-likeness (QED) is 0.243. The van der Waals surface area contributed by atoms with Crippen molar-refractivity contribution in [2.75, 3.05) is 0 Å². The lowest BCUT2D eigenvalue weighted by atomic mass is 10.4. The first-order chi connectivity index (χ1) is 1.91. The van der Waals surface area contributed by atoms with Gasteiger partial charge in [-0.05, 0) is 0 Å². The Bertz CT molecular complexity index is 6.00. The van der Waals surface area contributed by atoms with Gasteiger partial charge in [0.05, 0.1) is 0 Å². The van der Waals surface area contributed by atoms with Gasteiger partial charge in [0.2, 0.25) is 0 Å². The van der Waals surface area contributed by atoms with Gasteiger partial charge in [-0.15, -0.1) is 0 Å². The maximum absolute atomic E-state index is 3.04. The van der Waals surface area contributed by atoms with Gasteiger partial charge in [0, 0.05) is 16.0 Å². The predicted molar refractivity (Wildman–Crippen MR) is 26.1 cm³/mol. The Hall–Kier alpha value is 0.0499. The molecule has 0 radical (unpaired) electrons. The number of hydrogen-bond donors (Lipinski definition) is 2.